The number of thiophene rings is 1. The van der Waals surface area contributed by atoms with Crippen LogP contribution in [-0.2, 0) is 16.0 Å². The molecular formula is C20H22N2O4S. The van der Waals surface area contributed by atoms with Crippen molar-refractivity contribution >= 4 is 23.0 Å². The number of rotatable bonds is 6. The molecule has 1 aromatic heterocycles. The molecule has 0 amide bonds. The van der Waals surface area contributed by atoms with E-state index in [4.69, 9.17) is 14.2 Å². The molecule has 4 rings (SSSR count). The fraction of sp³-hybridized carbons (Fsp3) is 0.400. The van der Waals surface area contributed by atoms with Crippen LogP contribution < -0.4 is 4.74 Å². The van der Waals surface area contributed by atoms with Crippen molar-refractivity contribution in [2.24, 2.45) is 4.99 Å². The van der Waals surface area contributed by atoms with Crippen LogP contribution in [0.1, 0.15) is 25.7 Å². The average molecular weight is 386 g/mol. The van der Waals surface area contributed by atoms with E-state index in [1.165, 1.54) is 18.4 Å². The number of ether oxygens (including phenoxy) is 3. The summed E-state index contributed by atoms with van der Waals surface area (Å²) in [7, 11) is 1.40. The molecule has 0 bridgehead atoms. The number of morpholine rings is 1. The number of carbonyl (C=O) groups excluding carboxylic acids is 1. The van der Waals surface area contributed by atoms with Gasteiger partial charge in [-0.3, -0.25) is 9.89 Å². The SMILES string of the molecule is COC(=O)c1cc2c(s1)C(c1ccc(OCCN3CCOCC3)cc1)=NC2. The van der Waals surface area contributed by atoms with Gasteiger partial charge in [0.15, 0.2) is 0 Å². The van der Waals surface area contributed by atoms with Crippen LogP contribution in [-0.4, -0.2) is 63.1 Å². The summed E-state index contributed by atoms with van der Waals surface area (Å²) in [4.78, 5) is 20.4. The molecule has 0 radical (unpaired) electrons. The van der Waals surface area contributed by atoms with Crippen LogP contribution in [0.25, 0.3) is 0 Å². The van der Waals surface area contributed by atoms with Crippen LogP contribution in [0.4, 0.5) is 0 Å². The first-order valence-electron chi connectivity index (χ1n) is 9.04. The lowest BCUT2D eigenvalue weighted by atomic mass is 10.1. The molecule has 2 aliphatic heterocycles. The van der Waals surface area contributed by atoms with Gasteiger partial charge in [-0.1, -0.05) is 0 Å². The summed E-state index contributed by atoms with van der Waals surface area (Å²) in [6.45, 7) is 5.73. The maximum atomic E-state index is 11.7. The minimum atomic E-state index is -0.294. The first-order valence-corrected chi connectivity index (χ1v) is 9.85. The van der Waals surface area contributed by atoms with E-state index < -0.39 is 0 Å². The van der Waals surface area contributed by atoms with Crippen molar-refractivity contribution < 1.29 is 19.0 Å². The van der Waals surface area contributed by atoms with Gasteiger partial charge >= 0.3 is 5.97 Å². The molecule has 0 unspecified atom stereocenters. The third kappa shape index (κ3) is 4.05. The fourth-order valence-corrected chi connectivity index (χ4v) is 4.35. The van der Waals surface area contributed by atoms with Crippen LogP contribution >= 0.6 is 11.3 Å². The molecule has 0 N–H and O–H groups in total. The van der Waals surface area contributed by atoms with Crippen molar-refractivity contribution in [3.63, 3.8) is 0 Å². The predicted molar refractivity (Wildman–Crippen MR) is 104 cm³/mol. The maximum absolute atomic E-state index is 11.7. The quantitative estimate of drug-likeness (QED) is 0.714. The largest absolute Gasteiger partial charge is 0.492 e. The van der Waals surface area contributed by atoms with E-state index in [1.54, 1.807) is 0 Å². The maximum Gasteiger partial charge on any atom is 0.348 e. The van der Waals surface area contributed by atoms with E-state index in [1.807, 2.05) is 30.3 Å². The van der Waals surface area contributed by atoms with Gasteiger partial charge in [0, 0.05) is 25.2 Å². The van der Waals surface area contributed by atoms with Crippen LogP contribution in [0, 0.1) is 0 Å². The molecule has 2 aliphatic rings. The van der Waals surface area contributed by atoms with Gasteiger partial charge < -0.3 is 14.2 Å². The molecule has 0 saturated carbocycles. The topological polar surface area (TPSA) is 60.4 Å². The third-order valence-electron chi connectivity index (χ3n) is 4.73. The Morgan fingerprint density at radius 1 is 1.26 bits per heavy atom. The highest BCUT2D eigenvalue weighted by atomic mass is 32.1. The Hall–Kier alpha value is -2.22. The highest BCUT2D eigenvalue weighted by molar-refractivity contribution is 7.16. The van der Waals surface area contributed by atoms with Gasteiger partial charge in [0.05, 0.1) is 37.5 Å². The predicted octanol–water partition coefficient (Wildman–Crippen LogP) is 2.60. The van der Waals surface area contributed by atoms with Gasteiger partial charge in [-0.25, -0.2) is 4.79 Å². The lowest BCUT2D eigenvalue weighted by Gasteiger charge is -2.26. The summed E-state index contributed by atoms with van der Waals surface area (Å²) in [6.07, 6.45) is 0. The van der Waals surface area contributed by atoms with Crippen LogP contribution in [0.3, 0.4) is 0 Å². The lowest BCUT2D eigenvalue weighted by Crippen LogP contribution is -2.38. The number of fused-ring (bicyclic) bond motifs is 1. The van der Waals surface area contributed by atoms with E-state index >= 15 is 0 Å². The second-order valence-electron chi connectivity index (χ2n) is 6.45. The molecule has 6 nitrogen and oxygen atoms in total. The molecule has 1 saturated heterocycles. The van der Waals surface area contributed by atoms with Gasteiger partial charge in [0.2, 0.25) is 0 Å². The number of hydrogen-bond acceptors (Lipinski definition) is 7. The van der Waals surface area contributed by atoms with Crippen molar-refractivity contribution in [1.82, 2.24) is 4.90 Å². The Morgan fingerprint density at radius 3 is 2.78 bits per heavy atom. The number of methoxy groups -OCH3 is 1. The number of hydrogen-bond donors (Lipinski definition) is 0. The summed E-state index contributed by atoms with van der Waals surface area (Å²) in [5.41, 5.74) is 3.05. The Balaban J connectivity index is 1.37. The Morgan fingerprint density at radius 2 is 2.04 bits per heavy atom. The zero-order valence-corrected chi connectivity index (χ0v) is 16.1. The molecule has 142 valence electrons. The van der Waals surface area contributed by atoms with Crippen LogP contribution in [0.2, 0.25) is 0 Å². The van der Waals surface area contributed by atoms with Crippen molar-refractivity contribution in [2.45, 2.75) is 6.54 Å². The average Bonchev–Trinajstić information content (AvgIpc) is 3.30. The highest BCUT2D eigenvalue weighted by Crippen LogP contribution is 2.32. The summed E-state index contributed by atoms with van der Waals surface area (Å²) in [6, 6.07) is 9.88. The second kappa shape index (κ2) is 8.21. The third-order valence-corrected chi connectivity index (χ3v) is 5.89. The summed E-state index contributed by atoms with van der Waals surface area (Å²) in [5, 5.41) is 0. The van der Waals surface area contributed by atoms with E-state index in [-0.39, 0.29) is 5.97 Å². The molecule has 0 aliphatic carbocycles. The summed E-state index contributed by atoms with van der Waals surface area (Å²) >= 11 is 1.44. The van der Waals surface area contributed by atoms with Crippen molar-refractivity contribution in [3.05, 3.63) is 51.2 Å². The normalized spacial score (nSPS) is 16.7. The number of benzene rings is 1. The first-order chi connectivity index (χ1) is 13.2. The summed E-state index contributed by atoms with van der Waals surface area (Å²) < 4.78 is 16.0. The minimum absolute atomic E-state index is 0.294. The Labute approximate surface area is 162 Å². The molecule has 2 aromatic rings. The summed E-state index contributed by atoms with van der Waals surface area (Å²) in [5.74, 6) is 0.560. The highest BCUT2D eigenvalue weighted by Gasteiger charge is 2.23. The standard InChI is InChI=1S/C20H22N2O4S/c1-24-20(23)17-12-15-13-21-18(19(15)27-17)14-2-4-16(5-3-14)26-11-8-22-6-9-25-10-7-22/h2-5,12H,6-11,13H2,1H3. The Kier molecular flexibility index (Phi) is 5.52. The fourth-order valence-electron chi connectivity index (χ4n) is 3.23. The monoisotopic (exact) mass is 386 g/mol. The smallest absolute Gasteiger partial charge is 0.348 e. The second-order valence-corrected chi connectivity index (χ2v) is 7.50. The molecule has 27 heavy (non-hydrogen) atoms. The van der Waals surface area contributed by atoms with Crippen LogP contribution in [0.15, 0.2) is 35.3 Å². The lowest BCUT2D eigenvalue weighted by molar-refractivity contribution is 0.0322. The zero-order valence-electron chi connectivity index (χ0n) is 15.3. The molecule has 7 heteroatoms. The van der Waals surface area contributed by atoms with Gasteiger partial charge in [-0.2, -0.15) is 0 Å². The van der Waals surface area contributed by atoms with Crippen molar-refractivity contribution in [1.29, 1.82) is 0 Å². The van der Waals surface area contributed by atoms with Gasteiger partial charge in [-0.05, 0) is 35.9 Å². The van der Waals surface area contributed by atoms with Crippen LogP contribution in [0.5, 0.6) is 5.75 Å². The molecule has 0 atom stereocenters. The number of esters is 1. The van der Waals surface area contributed by atoms with Gasteiger partial charge in [0.25, 0.3) is 0 Å². The van der Waals surface area contributed by atoms with Crippen molar-refractivity contribution in [2.75, 3.05) is 46.6 Å². The number of aliphatic imine (C=N–C) groups is 1. The minimum Gasteiger partial charge on any atom is -0.492 e. The zero-order chi connectivity index (χ0) is 18.6. The van der Waals surface area contributed by atoms with Gasteiger partial charge in [-0.15, -0.1) is 11.3 Å². The van der Waals surface area contributed by atoms with E-state index in [9.17, 15) is 4.79 Å². The Bertz CT molecular complexity index is 838. The molecular weight excluding hydrogens is 364 g/mol. The van der Waals surface area contributed by atoms with Gasteiger partial charge in [0.1, 0.15) is 17.2 Å². The number of carbonyl (C=O) groups is 1. The molecule has 3 heterocycles. The molecule has 1 aromatic carbocycles. The van der Waals surface area contributed by atoms with E-state index in [0.29, 0.717) is 18.0 Å². The van der Waals surface area contributed by atoms with E-state index in [2.05, 4.69) is 9.89 Å². The van der Waals surface area contributed by atoms with Crippen molar-refractivity contribution in [3.8, 4) is 5.75 Å². The number of nitrogens with zero attached hydrogens (tertiary/aromatic N) is 2. The molecule has 1 fully saturated rings. The molecule has 0 spiro atoms. The first kappa shape index (κ1) is 18.2. The van der Waals surface area contributed by atoms with E-state index in [0.717, 1.165) is 60.3 Å².